The van der Waals surface area contributed by atoms with E-state index < -0.39 is 11.3 Å². The summed E-state index contributed by atoms with van der Waals surface area (Å²) in [5, 5.41) is 0. The van der Waals surface area contributed by atoms with Crippen molar-refractivity contribution in [2.45, 2.75) is 66.7 Å². The lowest BCUT2D eigenvalue weighted by Gasteiger charge is -2.55. The highest BCUT2D eigenvalue weighted by Gasteiger charge is 2.63. The molecule has 0 radical (unpaired) electrons. The Balaban J connectivity index is 2.58. The molecule has 28 heavy (non-hydrogen) atoms. The molecule has 2 rings (SSSR count). The van der Waals surface area contributed by atoms with Gasteiger partial charge >= 0.3 is 0 Å². The second kappa shape index (κ2) is 8.63. The summed E-state index contributed by atoms with van der Waals surface area (Å²) in [5.74, 6) is 0.0971. The van der Waals surface area contributed by atoms with Gasteiger partial charge in [0, 0.05) is 6.08 Å². The van der Waals surface area contributed by atoms with Gasteiger partial charge in [0.2, 0.25) is 0 Å². The molecule has 2 bridgehead atoms. The number of rotatable bonds is 8. The monoisotopic (exact) mass is 384 g/mol. The predicted molar refractivity (Wildman–Crippen MR) is 115 cm³/mol. The number of ether oxygens (including phenoxy) is 1. The minimum absolute atomic E-state index is 0.0323. The molecule has 0 saturated heterocycles. The summed E-state index contributed by atoms with van der Waals surface area (Å²) >= 11 is 0. The average Bonchev–Trinajstić information content (AvgIpc) is 2.60. The summed E-state index contributed by atoms with van der Waals surface area (Å²) < 4.78 is 5.58. The van der Waals surface area contributed by atoms with E-state index in [4.69, 9.17) is 4.74 Å². The smallest absolute Gasteiger partial charge is 0.170 e. The zero-order valence-electron chi connectivity index (χ0n) is 18.4. The van der Waals surface area contributed by atoms with Gasteiger partial charge in [-0.2, -0.15) is 0 Å². The fourth-order valence-electron chi connectivity index (χ4n) is 5.13. The molecule has 0 amide bonds. The molecule has 0 aromatic heterocycles. The topological polar surface area (TPSA) is 43.4 Å². The van der Waals surface area contributed by atoms with Crippen molar-refractivity contribution in [3.05, 3.63) is 47.8 Å². The summed E-state index contributed by atoms with van der Waals surface area (Å²) in [5.41, 5.74) is 1.43. The van der Waals surface area contributed by atoms with Gasteiger partial charge in [0.05, 0.1) is 18.4 Å². The molecular weight excluding hydrogens is 348 g/mol. The van der Waals surface area contributed by atoms with E-state index in [-0.39, 0.29) is 22.9 Å². The van der Waals surface area contributed by atoms with Gasteiger partial charge in [-0.3, -0.25) is 9.59 Å². The van der Waals surface area contributed by atoms with Gasteiger partial charge in [0.1, 0.15) is 5.76 Å². The van der Waals surface area contributed by atoms with E-state index in [2.05, 4.69) is 53.3 Å². The first-order valence-electron chi connectivity index (χ1n) is 10.3. The van der Waals surface area contributed by atoms with Crippen LogP contribution in [0.5, 0.6) is 0 Å². The number of hydrogen-bond acceptors (Lipinski definition) is 3. The van der Waals surface area contributed by atoms with Gasteiger partial charge < -0.3 is 4.74 Å². The fraction of sp³-hybridized carbons (Fsp3) is 0.600. The number of carbonyl (C=O) groups excluding carboxylic acids is 2. The van der Waals surface area contributed by atoms with Gasteiger partial charge in [-0.15, -0.1) is 6.58 Å². The minimum atomic E-state index is -0.745. The molecule has 2 aliphatic carbocycles. The van der Waals surface area contributed by atoms with Crippen molar-refractivity contribution in [2.75, 3.05) is 7.11 Å². The molecule has 0 unspecified atom stereocenters. The lowest BCUT2D eigenvalue weighted by atomic mass is 9.47. The number of Topliss-reactive ketones (excluding diaryl/α,β-unsaturated/α-hetero) is 1. The van der Waals surface area contributed by atoms with Crippen molar-refractivity contribution < 1.29 is 14.3 Å². The van der Waals surface area contributed by atoms with Crippen molar-refractivity contribution >= 4 is 11.6 Å². The number of ketones is 2. The van der Waals surface area contributed by atoms with Gasteiger partial charge in [-0.05, 0) is 71.1 Å². The van der Waals surface area contributed by atoms with E-state index in [0.29, 0.717) is 18.6 Å². The summed E-state index contributed by atoms with van der Waals surface area (Å²) in [4.78, 5) is 26.8. The number of fused-ring (bicyclic) bond motifs is 2. The van der Waals surface area contributed by atoms with Crippen molar-refractivity contribution in [1.29, 1.82) is 0 Å². The van der Waals surface area contributed by atoms with Crippen molar-refractivity contribution in [3.63, 3.8) is 0 Å². The Morgan fingerprint density at radius 1 is 1.21 bits per heavy atom. The van der Waals surface area contributed by atoms with Gasteiger partial charge in [0.25, 0.3) is 0 Å². The maximum atomic E-state index is 13.7. The summed E-state index contributed by atoms with van der Waals surface area (Å²) in [6, 6.07) is 0. The van der Waals surface area contributed by atoms with Crippen LogP contribution < -0.4 is 0 Å². The molecule has 3 heteroatoms. The highest BCUT2D eigenvalue weighted by Crippen LogP contribution is 2.60. The lowest BCUT2D eigenvalue weighted by molar-refractivity contribution is -0.157. The van der Waals surface area contributed by atoms with Crippen LogP contribution in [0.2, 0.25) is 0 Å². The van der Waals surface area contributed by atoms with Crippen LogP contribution in [0.4, 0.5) is 0 Å². The van der Waals surface area contributed by atoms with Gasteiger partial charge in [-0.25, -0.2) is 0 Å². The minimum Gasteiger partial charge on any atom is -0.500 e. The Kier molecular flexibility index (Phi) is 6.90. The third-order valence-corrected chi connectivity index (χ3v) is 6.71. The van der Waals surface area contributed by atoms with Crippen LogP contribution in [0.15, 0.2) is 47.8 Å². The van der Waals surface area contributed by atoms with Gasteiger partial charge in [-0.1, -0.05) is 36.3 Å². The lowest BCUT2D eigenvalue weighted by Crippen LogP contribution is -2.58. The third kappa shape index (κ3) is 3.94. The van der Waals surface area contributed by atoms with Crippen LogP contribution in [0.3, 0.4) is 0 Å². The largest absolute Gasteiger partial charge is 0.500 e. The summed E-state index contributed by atoms with van der Waals surface area (Å²) in [6.45, 7) is 14.4. The Bertz CT molecular complexity index is 731. The molecule has 0 N–H and O–H groups in total. The van der Waals surface area contributed by atoms with Crippen LogP contribution in [0.1, 0.15) is 66.7 Å². The molecule has 1 saturated carbocycles. The molecule has 1 fully saturated rings. The number of methoxy groups -OCH3 is 1. The first-order valence-corrected chi connectivity index (χ1v) is 10.3. The van der Waals surface area contributed by atoms with Crippen molar-refractivity contribution in [2.24, 2.45) is 22.7 Å². The second-order valence-corrected chi connectivity index (χ2v) is 9.23. The number of allylic oxidation sites excluding steroid dienone is 7. The second-order valence-electron chi connectivity index (χ2n) is 9.23. The molecule has 0 aromatic rings. The normalized spacial score (nSPS) is 31.7. The zero-order valence-corrected chi connectivity index (χ0v) is 18.4. The Hall–Kier alpha value is -1.90. The van der Waals surface area contributed by atoms with E-state index >= 15 is 0 Å². The Morgan fingerprint density at radius 3 is 2.39 bits per heavy atom. The molecule has 154 valence electrons. The van der Waals surface area contributed by atoms with Crippen molar-refractivity contribution in [1.82, 2.24) is 0 Å². The molecule has 0 heterocycles. The zero-order chi connectivity index (χ0) is 21.1. The fourth-order valence-corrected chi connectivity index (χ4v) is 5.13. The highest BCUT2D eigenvalue weighted by molar-refractivity contribution is 6.14. The predicted octanol–water partition coefficient (Wildman–Crippen LogP) is 5.98. The Labute approximate surface area is 170 Å². The molecule has 2 aliphatic rings. The summed E-state index contributed by atoms with van der Waals surface area (Å²) in [6.07, 6.45) is 11.7. The van der Waals surface area contributed by atoms with Crippen molar-refractivity contribution in [3.8, 4) is 0 Å². The van der Waals surface area contributed by atoms with E-state index in [9.17, 15) is 9.59 Å². The van der Waals surface area contributed by atoms with E-state index in [1.54, 1.807) is 19.3 Å². The first-order chi connectivity index (χ1) is 13.1. The molecule has 0 spiro atoms. The highest BCUT2D eigenvalue weighted by atomic mass is 16.5. The van der Waals surface area contributed by atoms with Crippen LogP contribution >= 0.6 is 0 Å². The standard InChI is InChI=1S/C25H36O3/c1-8-13-25-16-19(12-11-18(4)5)24(6,14-9-10-17(2)3)22(23(25)27)20(26)15-21(25)28-7/h8,10-11,15,19,22H,1,9,12-14,16H2,2-7H3/t19-,22+,24+,25-/m0/s1. The average molecular weight is 385 g/mol. The van der Waals surface area contributed by atoms with Crippen LogP contribution in [-0.2, 0) is 14.3 Å². The van der Waals surface area contributed by atoms with E-state index in [1.165, 1.54) is 11.1 Å². The quantitative estimate of drug-likeness (QED) is 0.382. The van der Waals surface area contributed by atoms with Crippen LogP contribution in [0, 0.1) is 22.7 Å². The molecular formula is C25H36O3. The Morgan fingerprint density at radius 2 is 1.86 bits per heavy atom. The SMILES string of the molecule is C=CC[C@]12C[C@H](CC=C(C)C)[C@@](C)(CCC=C(C)C)[C@H](C(=O)C=C1OC)C2=O. The first kappa shape index (κ1) is 22.4. The van der Waals surface area contributed by atoms with Crippen LogP contribution in [0.25, 0.3) is 0 Å². The van der Waals surface area contributed by atoms with E-state index in [1.807, 2.05) is 0 Å². The van der Waals surface area contributed by atoms with Crippen LogP contribution in [-0.4, -0.2) is 18.7 Å². The number of carbonyl (C=O) groups is 2. The number of hydrogen-bond donors (Lipinski definition) is 0. The third-order valence-electron chi connectivity index (χ3n) is 6.71. The molecule has 0 aliphatic heterocycles. The van der Waals surface area contributed by atoms with Gasteiger partial charge in [0.15, 0.2) is 11.6 Å². The molecule has 0 aromatic carbocycles. The molecule has 4 atom stereocenters. The summed E-state index contributed by atoms with van der Waals surface area (Å²) in [7, 11) is 1.56. The maximum absolute atomic E-state index is 13.7. The molecule has 3 nitrogen and oxygen atoms in total. The maximum Gasteiger partial charge on any atom is 0.170 e. The van der Waals surface area contributed by atoms with E-state index in [0.717, 1.165) is 19.3 Å².